The van der Waals surface area contributed by atoms with E-state index in [9.17, 15) is 4.79 Å². The van der Waals surface area contributed by atoms with Crippen LogP contribution in [0.3, 0.4) is 0 Å². The largest absolute Gasteiger partial charge is 0.460 e. The molecule has 1 aromatic carbocycles. The molecule has 1 aromatic rings. The Morgan fingerprint density at radius 3 is 2.92 bits per heavy atom. The van der Waals surface area contributed by atoms with Crippen molar-refractivity contribution in [2.45, 2.75) is 44.5 Å². The summed E-state index contributed by atoms with van der Waals surface area (Å²) in [6.07, 6.45) is 2.34. The molecule has 2 heterocycles. The Balaban J connectivity index is 1.83. The van der Waals surface area contributed by atoms with Gasteiger partial charge in [0.1, 0.15) is 0 Å². The Morgan fingerprint density at radius 2 is 2.21 bits per heavy atom. The van der Waals surface area contributed by atoms with Gasteiger partial charge in [-0.1, -0.05) is 53.8 Å². The average molecular weight is 382 g/mol. The Labute approximate surface area is 157 Å². The predicted octanol–water partition coefficient (Wildman–Crippen LogP) is 4.58. The van der Waals surface area contributed by atoms with Crippen LogP contribution in [0.1, 0.15) is 32.3 Å². The van der Waals surface area contributed by atoms with Gasteiger partial charge in [0.2, 0.25) is 0 Å². The van der Waals surface area contributed by atoms with Crippen molar-refractivity contribution in [1.29, 1.82) is 0 Å². The fraction of sp³-hybridized carbons (Fsp3) is 0.444. The third-order valence-electron chi connectivity index (χ3n) is 4.06. The van der Waals surface area contributed by atoms with E-state index in [1.54, 1.807) is 11.8 Å². The lowest BCUT2D eigenvalue weighted by molar-refractivity contribution is -0.143. The van der Waals surface area contributed by atoms with Crippen molar-refractivity contribution in [3.63, 3.8) is 0 Å². The lowest BCUT2D eigenvalue weighted by Gasteiger charge is -2.26. The molecule has 0 aromatic heterocycles. The molecule has 0 N–H and O–H groups in total. The first kappa shape index (κ1) is 17.8. The Morgan fingerprint density at radius 1 is 1.46 bits per heavy atom. The molecule has 2 aliphatic heterocycles. The topological polar surface area (TPSA) is 29.5 Å². The number of ether oxygens (including phenoxy) is 1. The summed E-state index contributed by atoms with van der Waals surface area (Å²) < 4.78 is 5.40. The van der Waals surface area contributed by atoms with E-state index in [-0.39, 0.29) is 17.3 Å². The maximum atomic E-state index is 12.4. The van der Waals surface area contributed by atoms with Crippen molar-refractivity contribution in [1.82, 2.24) is 4.90 Å². The summed E-state index contributed by atoms with van der Waals surface area (Å²) in [4.78, 5) is 15.4. The van der Waals surface area contributed by atoms with Crippen molar-refractivity contribution in [3.05, 3.63) is 45.5 Å². The third kappa shape index (κ3) is 3.63. The number of hydrogen-bond acceptors (Lipinski definition) is 4. The van der Waals surface area contributed by atoms with E-state index in [0.29, 0.717) is 0 Å². The van der Waals surface area contributed by atoms with Gasteiger partial charge >= 0.3 is 5.97 Å². The molecule has 0 amide bonds. The number of rotatable bonds is 4. The molecule has 0 saturated carbocycles. The van der Waals surface area contributed by atoms with E-state index in [1.807, 2.05) is 38.1 Å². The van der Waals surface area contributed by atoms with E-state index in [0.717, 1.165) is 52.0 Å². The first-order chi connectivity index (χ1) is 11.5. The standard InChI is InChI=1S/C18H20ClNO2S2/c1-11(2)22-18(21)13-7-5-9-20-16(23)15(24-17(13)20)10-12-6-3-4-8-14(12)19/h3-4,6,8,11,15H,5,7,9-10H2,1-2H3. The monoisotopic (exact) mass is 381 g/mol. The van der Waals surface area contributed by atoms with E-state index in [4.69, 9.17) is 28.6 Å². The smallest absolute Gasteiger partial charge is 0.336 e. The van der Waals surface area contributed by atoms with Crippen molar-refractivity contribution < 1.29 is 9.53 Å². The summed E-state index contributed by atoms with van der Waals surface area (Å²) in [7, 11) is 0. The van der Waals surface area contributed by atoms with Gasteiger partial charge < -0.3 is 9.64 Å². The zero-order valence-electron chi connectivity index (χ0n) is 13.8. The van der Waals surface area contributed by atoms with E-state index < -0.39 is 0 Å². The van der Waals surface area contributed by atoms with Crippen LogP contribution < -0.4 is 0 Å². The van der Waals surface area contributed by atoms with Crippen LogP contribution in [-0.4, -0.2) is 33.8 Å². The molecule has 1 saturated heterocycles. The van der Waals surface area contributed by atoms with Crippen molar-refractivity contribution in [2.75, 3.05) is 6.54 Å². The molecule has 3 rings (SSSR count). The molecule has 1 unspecified atom stereocenters. The second-order valence-electron chi connectivity index (χ2n) is 6.23. The lowest BCUT2D eigenvalue weighted by Crippen LogP contribution is -2.33. The normalized spacial score (nSPS) is 20.6. The quantitative estimate of drug-likeness (QED) is 0.562. The molecule has 1 atom stereocenters. The summed E-state index contributed by atoms with van der Waals surface area (Å²) >= 11 is 13.6. The molecule has 3 nitrogen and oxygen atoms in total. The number of hydrogen-bond donors (Lipinski definition) is 0. The van der Waals surface area contributed by atoms with Crippen LogP contribution in [0.4, 0.5) is 0 Å². The number of carbonyl (C=O) groups is 1. The van der Waals surface area contributed by atoms with E-state index >= 15 is 0 Å². The van der Waals surface area contributed by atoms with Crippen LogP contribution in [0.2, 0.25) is 5.02 Å². The molecule has 2 aliphatic rings. The molecular weight excluding hydrogens is 362 g/mol. The third-order valence-corrected chi connectivity index (χ3v) is 6.45. The fourth-order valence-electron chi connectivity index (χ4n) is 2.96. The van der Waals surface area contributed by atoms with Crippen LogP contribution in [0.15, 0.2) is 34.9 Å². The number of thioether (sulfide) groups is 1. The number of nitrogens with zero attached hydrogens (tertiary/aromatic N) is 1. The van der Waals surface area contributed by atoms with Crippen molar-refractivity contribution in [3.8, 4) is 0 Å². The van der Waals surface area contributed by atoms with Crippen LogP contribution >= 0.6 is 35.6 Å². The molecular formula is C18H20ClNO2S2. The van der Waals surface area contributed by atoms with Gasteiger partial charge in [-0.2, -0.15) is 0 Å². The minimum atomic E-state index is -0.210. The number of thiocarbonyl (C=S) groups is 1. The van der Waals surface area contributed by atoms with Gasteiger partial charge in [0, 0.05) is 11.6 Å². The Kier molecular flexibility index (Phi) is 5.52. The molecule has 0 bridgehead atoms. The maximum Gasteiger partial charge on any atom is 0.336 e. The van der Waals surface area contributed by atoms with Crippen molar-refractivity contribution >= 4 is 46.5 Å². The van der Waals surface area contributed by atoms with Gasteiger partial charge in [-0.3, -0.25) is 0 Å². The summed E-state index contributed by atoms with van der Waals surface area (Å²) in [5, 5.41) is 1.88. The van der Waals surface area contributed by atoms with Gasteiger partial charge in [0.05, 0.1) is 26.9 Å². The number of benzene rings is 1. The average Bonchev–Trinajstić information content (AvgIpc) is 2.85. The molecule has 6 heteroatoms. The minimum absolute atomic E-state index is 0.113. The highest BCUT2D eigenvalue weighted by Gasteiger charge is 2.39. The summed E-state index contributed by atoms with van der Waals surface area (Å²) in [6.45, 7) is 4.62. The van der Waals surface area contributed by atoms with Crippen LogP contribution in [0.25, 0.3) is 0 Å². The van der Waals surface area contributed by atoms with E-state index in [1.165, 1.54) is 0 Å². The second kappa shape index (κ2) is 7.46. The maximum absolute atomic E-state index is 12.4. The van der Waals surface area contributed by atoms with Gasteiger partial charge in [-0.25, -0.2) is 4.79 Å². The molecule has 0 radical (unpaired) electrons. The Hall–Kier alpha value is -1.04. The lowest BCUT2D eigenvalue weighted by atomic mass is 10.1. The predicted molar refractivity (Wildman–Crippen MR) is 103 cm³/mol. The second-order valence-corrected chi connectivity index (χ2v) is 8.25. The summed E-state index contributed by atoms with van der Waals surface area (Å²) in [5.41, 5.74) is 1.86. The highest BCUT2D eigenvalue weighted by atomic mass is 35.5. The van der Waals surface area contributed by atoms with E-state index in [2.05, 4.69) is 4.90 Å². The van der Waals surface area contributed by atoms with Gasteiger partial charge in [-0.05, 0) is 44.7 Å². The first-order valence-corrected chi connectivity index (χ1v) is 9.79. The highest BCUT2D eigenvalue weighted by molar-refractivity contribution is 8.06. The van der Waals surface area contributed by atoms with Crippen LogP contribution in [-0.2, 0) is 16.0 Å². The number of halogens is 1. The van der Waals surface area contributed by atoms with Crippen LogP contribution in [0, 0.1) is 0 Å². The number of fused-ring (bicyclic) bond motifs is 1. The number of esters is 1. The van der Waals surface area contributed by atoms with Crippen LogP contribution in [0.5, 0.6) is 0 Å². The van der Waals surface area contributed by atoms with Crippen molar-refractivity contribution in [2.24, 2.45) is 0 Å². The molecule has 0 aliphatic carbocycles. The molecule has 0 spiro atoms. The first-order valence-electron chi connectivity index (χ1n) is 8.13. The Bertz CT molecular complexity index is 702. The van der Waals surface area contributed by atoms with Gasteiger partial charge in [-0.15, -0.1) is 0 Å². The minimum Gasteiger partial charge on any atom is -0.460 e. The molecule has 128 valence electrons. The summed E-state index contributed by atoms with van der Waals surface area (Å²) in [5.74, 6) is -0.210. The van der Waals surface area contributed by atoms with Gasteiger partial charge in [0.15, 0.2) is 0 Å². The fourth-order valence-corrected chi connectivity index (χ4v) is 5.04. The highest BCUT2D eigenvalue weighted by Crippen LogP contribution is 2.43. The molecule has 24 heavy (non-hydrogen) atoms. The SMILES string of the molecule is CC(C)OC(=O)C1=C2SC(Cc3ccccc3Cl)C(=S)N2CCC1. The summed E-state index contributed by atoms with van der Waals surface area (Å²) in [6, 6.07) is 7.85. The zero-order chi connectivity index (χ0) is 17.3. The number of carbonyl (C=O) groups excluding carboxylic acids is 1. The zero-order valence-corrected chi connectivity index (χ0v) is 16.1. The molecule has 1 fully saturated rings. The van der Waals surface area contributed by atoms with Gasteiger partial charge in [0.25, 0.3) is 0 Å².